The van der Waals surface area contributed by atoms with E-state index in [9.17, 15) is 9.90 Å². The number of aliphatic hydroxyl groups excluding tert-OH is 1. The molecule has 94 valence electrons. The van der Waals surface area contributed by atoms with Crippen molar-refractivity contribution in [2.45, 2.75) is 70.1 Å². The molecule has 0 aromatic heterocycles. The van der Waals surface area contributed by atoms with Gasteiger partial charge in [0.25, 0.3) is 0 Å². The van der Waals surface area contributed by atoms with Crippen molar-refractivity contribution in [1.82, 2.24) is 5.32 Å². The Balaban J connectivity index is 2.27. The lowest BCUT2D eigenvalue weighted by molar-refractivity contribution is -0.123. The van der Waals surface area contributed by atoms with E-state index >= 15 is 0 Å². The normalized spacial score (nSPS) is 27.4. The third kappa shape index (κ3) is 4.49. The van der Waals surface area contributed by atoms with Gasteiger partial charge in [-0.1, -0.05) is 26.2 Å². The fourth-order valence-electron chi connectivity index (χ4n) is 2.26. The predicted octanol–water partition coefficient (Wildman–Crippen LogP) is 0.924. The van der Waals surface area contributed by atoms with Crippen LogP contribution in [-0.4, -0.2) is 29.2 Å². The highest BCUT2D eigenvalue weighted by atomic mass is 16.3. The lowest BCUT2D eigenvalue weighted by Gasteiger charge is -2.28. The second-order valence-electron chi connectivity index (χ2n) is 4.78. The number of rotatable bonds is 5. The van der Waals surface area contributed by atoms with Gasteiger partial charge in [0, 0.05) is 12.5 Å². The highest BCUT2D eigenvalue weighted by Gasteiger charge is 2.24. The van der Waals surface area contributed by atoms with Crippen molar-refractivity contribution in [1.29, 1.82) is 0 Å². The molecule has 0 saturated heterocycles. The van der Waals surface area contributed by atoms with Gasteiger partial charge in [-0.3, -0.25) is 4.79 Å². The van der Waals surface area contributed by atoms with Crippen molar-refractivity contribution < 1.29 is 9.90 Å². The van der Waals surface area contributed by atoms with Crippen LogP contribution in [0.1, 0.15) is 51.9 Å². The summed E-state index contributed by atoms with van der Waals surface area (Å²) in [5.41, 5.74) is 5.80. The summed E-state index contributed by atoms with van der Waals surface area (Å²) in [7, 11) is 0. The fourth-order valence-corrected chi connectivity index (χ4v) is 2.26. The second-order valence-corrected chi connectivity index (χ2v) is 4.78. The van der Waals surface area contributed by atoms with Crippen LogP contribution in [0.5, 0.6) is 0 Å². The van der Waals surface area contributed by atoms with Gasteiger partial charge in [0.05, 0.1) is 12.1 Å². The number of nitrogens with one attached hydrogen (secondary N) is 1. The summed E-state index contributed by atoms with van der Waals surface area (Å²) >= 11 is 0. The topological polar surface area (TPSA) is 75.4 Å². The van der Waals surface area contributed by atoms with Crippen LogP contribution in [0, 0.1) is 0 Å². The van der Waals surface area contributed by atoms with E-state index in [4.69, 9.17) is 5.73 Å². The maximum Gasteiger partial charge on any atom is 0.221 e. The van der Waals surface area contributed by atoms with Gasteiger partial charge in [-0.05, 0) is 19.3 Å². The Bertz CT molecular complexity index is 221. The molecule has 3 atom stereocenters. The molecule has 1 unspecified atom stereocenters. The molecule has 1 aliphatic rings. The predicted molar refractivity (Wildman–Crippen MR) is 63.9 cm³/mol. The van der Waals surface area contributed by atoms with Gasteiger partial charge in [0.2, 0.25) is 5.91 Å². The zero-order chi connectivity index (χ0) is 12.0. The van der Waals surface area contributed by atoms with Crippen LogP contribution in [0.25, 0.3) is 0 Å². The first-order valence-electron chi connectivity index (χ1n) is 6.36. The van der Waals surface area contributed by atoms with Gasteiger partial charge in [-0.25, -0.2) is 0 Å². The summed E-state index contributed by atoms with van der Waals surface area (Å²) in [5, 5.41) is 12.6. The van der Waals surface area contributed by atoms with Gasteiger partial charge in [-0.15, -0.1) is 0 Å². The number of hydrogen-bond acceptors (Lipinski definition) is 3. The first-order valence-corrected chi connectivity index (χ1v) is 6.36. The minimum atomic E-state index is -0.375. The van der Waals surface area contributed by atoms with Crippen molar-refractivity contribution in [3.63, 3.8) is 0 Å². The van der Waals surface area contributed by atoms with Crippen LogP contribution in [0.15, 0.2) is 0 Å². The van der Waals surface area contributed by atoms with Crippen molar-refractivity contribution in [2.75, 3.05) is 0 Å². The standard InChI is InChI=1S/C12H24N2O2/c1-2-5-9(13)8-12(16)14-10-6-3-4-7-11(10)15/h9-11,15H,2-8,13H2,1H3,(H,14,16)/t9?,10-,11-/m0/s1. The number of nitrogens with two attached hydrogens (primary N) is 1. The molecule has 16 heavy (non-hydrogen) atoms. The van der Waals surface area contributed by atoms with Gasteiger partial charge in [-0.2, -0.15) is 0 Å². The molecule has 1 amide bonds. The zero-order valence-corrected chi connectivity index (χ0v) is 10.1. The Morgan fingerprint density at radius 3 is 2.81 bits per heavy atom. The van der Waals surface area contributed by atoms with Crippen LogP contribution < -0.4 is 11.1 Å². The molecule has 1 rings (SSSR count). The summed E-state index contributed by atoms with van der Waals surface area (Å²) in [6.07, 6.45) is 5.70. The van der Waals surface area contributed by atoms with Gasteiger partial charge in [0.15, 0.2) is 0 Å². The quantitative estimate of drug-likeness (QED) is 0.655. The van der Waals surface area contributed by atoms with Crippen LogP contribution in [0.4, 0.5) is 0 Å². The number of aliphatic hydroxyl groups is 1. The third-order valence-corrected chi connectivity index (χ3v) is 3.18. The van der Waals surface area contributed by atoms with Crippen LogP contribution in [-0.2, 0) is 4.79 Å². The Morgan fingerprint density at radius 2 is 2.19 bits per heavy atom. The Kier molecular flexibility index (Phi) is 5.77. The Morgan fingerprint density at radius 1 is 1.50 bits per heavy atom. The average Bonchev–Trinajstić information content (AvgIpc) is 2.21. The van der Waals surface area contributed by atoms with Crippen LogP contribution in [0.3, 0.4) is 0 Å². The fraction of sp³-hybridized carbons (Fsp3) is 0.917. The summed E-state index contributed by atoms with van der Waals surface area (Å²) < 4.78 is 0. The highest BCUT2D eigenvalue weighted by Crippen LogP contribution is 2.18. The van der Waals surface area contributed by atoms with Crippen LogP contribution >= 0.6 is 0 Å². The number of carbonyl (C=O) groups excluding carboxylic acids is 1. The van der Waals surface area contributed by atoms with E-state index in [2.05, 4.69) is 12.2 Å². The SMILES string of the molecule is CCCC(N)CC(=O)N[C@H]1CCCC[C@@H]1O. The minimum absolute atomic E-state index is 0.0214. The molecule has 1 saturated carbocycles. The molecule has 0 heterocycles. The molecule has 1 fully saturated rings. The smallest absolute Gasteiger partial charge is 0.221 e. The van der Waals surface area contributed by atoms with E-state index in [0.29, 0.717) is 6.42 Å². The lowest BCUT2D eigenvalue weighted by Crippen LogP contribution is -2.46. The third-order valence-electron chi connectivity index (χ3n) is 3.18. The van der Waals surface area contributed by atoms with E-state index in [1.54, 1.807) is 0 Å². The van der Waals surface area contributed by atoms with Crippen molar-refractivity contribution in [2.24, 2.45) is 5.73 Å². The summed E-state index contributed by atoms with van der Waals surface area (Å²) in [5.74, 6) is -0.0214. The first-order chi connectivity index (χ1) is 7.63. The molecule has 0 aliphatic heterocycles. The summed E-state index contributed by atoms with van der Waals surface area (Å²) in [6, 6.07) is -0.110. The monoisotopic (exact) mass is 228 g/mol. The molecule has 4 heteroatoms. The molecule has 0 radical (unpaired) electrons. The second kappa shape index (κ2) is 6.86. The van der Waals surface area contributed by atoms with Crippen molar-refractivity contribution in [3.8, 4) is 0 Å². The highest BCUT2D eigenvalue weighted by molar-refractivity contribution is 5.76. The Labute approximate surface area is 97.6 Å². The molecule has 4 N–H and O–H groups in total. The zero-order valence-electron chi connectivity index (χ0n) is 10.1. The van der Waals surface area contributed by atoms with Crippen molar-refractivity contribution in [3.05, 3.63) is 0 Å². The summed E-state index contributed by atoms with van der Waals surface area (Å²) in [4.78, 5) is 11.6. The van der Waals surface area contributed by atoms with Gasteiger partial charge in [0.1, 0.15) is 0 Å². The molecule has 0 bridgehead atoms. The maximum atomic E-state index is 11.6. The van der Waals surface area contributed by atoms with E-state index in [-0.39, 0.29) is 24.1 Å². The van der Waals surface area contributed by atoms with Crippen LogP contribution in [0.2, 0.25) is 0 Å². The molecule has 0 aromatic rings. The average molecular weight is 228 g/mol. The molecular formula is C12H24N2O2. The first kappa shape index (κ1) is 13.5. The number of amides is 1. The van der Waals surface area contributed by atoms with Gasteiger partial charge < -0.3 is 16.2 Å². The van der Waals surface area contributed by atoms with E-state index in [1.165, 1.54) is 0 Å². The maximum absolute atomic E-state index is 11.6. The van der Waals surface area contributed by atoms with E-state index in [0.717, 1.165) is 38.5 Å². The number of carbonyl (C=O) groups is 1. The lowest BCUT2D eigenvalue weighted by atomic mass is 9.92. The van der Waals surface area contributed by atoms with Crippen molar-refractivity contribution >= 4 is 5.91 Å². The van der Waals surface area contributed by atoms with E-state index < -0.39 is 0 Å². The summed E-state index contributed by atoms with van der Waals surface area (Å²) in [6.45, 7) is 2.06. The van der Waals surface area contributed by atoms with Gasteiger partial charge >= 0.3 is 0 Å². The number of hydrogen-bond donors (Lipinski definition) is 3. The minimum Gasteiger partial charge on any atom is -0.391 e. The largest absolute Gasteiger partial charge is 0.391 e. The Hall–Kier alpha value is -0.610. The molecule has 0 spiro atoms. The molecule has 0 aromatic carbocycles. The molecule has 1 aliphatic carbocycles. The molecular weight excluding hydrogens is 204 g/mol. The molecule has 4 nitrogen and oxygen atoms in total. The van der Waals surface area contributed by atoms with E-state index in [1.807, 2.05) is 0 Å².